The van der Waals surface area contributed by atoms with Crippen LogP contribution in [0.15, 0.2) is 52.1 Å². The van der Waals surface area contributed by atoms with Gasteiger partial charge < -0.3 is 5.32 Å². The van der Waals surface area contributed by atoms with Crippen LogP contribution in [0.5, 0.6) is 0 Å². The predicted octanol–water partition coefficient (Wildman–Crippen LogP) is 4.05. The van der Waals surface area contributed by atoms with Crippen LogP contribution in [0.25, 0.3) is 17.1 Å². The van der Waals surface area contributed by atoms with Crippen molar-refractivity contribution in [2.45, 2.75) is 19.0 Å². The summed E-state index contributed by atoms with van der Waals surface area (Å²) in [5.74, 6) is 0.648. The van der Waals surface area contributed by atoms with E-state index >= 15 is 0 Å². The van der Waals surface area contributed by atoms with E-state index in [1.165, 1.54) is 11.8 Å². The van der Waals surface area contributed by atoms with Gasteiger partial charge in [-0.25, -0.2) is 0 Å². The van der Waals surface area contributed by atoms with Crippen LogP contribution in [0.4, 0.5) is 0 Å². The third kappa shape index (κ3) is 4.80. The normalized spacial score (nSPS) is 10.5. The highest BCUT2D eigenvalue weighted by atomic mass is 79.9. The van der Waals surface area contributed by atoms with Crippen LogP contribution in [-0.4, -0.2) is 33.0 Å². The second kappa shape index (κ2) is 9.04. The SMILES string of the molecule is Cc1cc(C)cc(-n2c(SCC(=O)NCC#N)nnc2-c2ccc(Br)cc2)c1. The van der Waals surface area contributed by atoms with E-state index in [0.29, 0.717) is 11.0 Å². The Kier molecular flexibility index (Phi) is 6.49. The van der Waals surface area contributed by atoms with Gasteiger partial charge in [-0.3, -0.25) is 9.36 Å². The Morgan fingerprint density at radius 2 is 1.86 bits per heavy atom. The zero-order chi connectivity index (χ0) is 20.1. The van der Waals surface area contributed by atoms with Crippen LogP contribution >= 0.6 is 27.7 Å². The molecule has 0 spiro atoms. The molecule has 3 aromatic rings. The van der Waals surface area contributed by atoms with Crippen molar-refractivity contribution >= 4 is 33.6 Å². The maximum absolute atomic E-state index is 11.9. The lowest BCUT2D eigenvalue weighted by Crippen LogP contribution is -2.25. The fraction of sp³-hybridized carbons (Fsp3) is 0.200. The first-order valence-corrected chi connectivity index (χ1v) is 10.3. The Balaban J connectivity index is 2.01. The topological polar surface area (TPSA) is 83.6 Å². The summed E-state index contributed by atoms with van der Waals surface area (Å²) in [7, 11) is 0. The summed E-state index contributed by atoms with van der Waals surface area (Å²) in [4.78, 5) is 11.9. The Hall–Kier alpha value is -2.63. The number of hydrogen-bond donors (Lipinski definition) is 1. The lowest BCUT2D eigenvalue weighted by atomic mass is 10.1. The molecule has 0 aliphatic heterocycles. The number of amides is 1. The molecule has 0 aliphatic carbocycles. The van der Waals surface area contributed by atoms with Gasteiger partial charge in [0, 0.05) is 10.0 Å². The molecule has 0 fully saturated rings. The summed E-state index contributed by atoms with van der Waals surface area (Å²) in [5.41, 5.74) is 4.14. The molecule has 28 heavy (non-hydrogen) atoms. The molecule has 0 radical (unpaired) electrons. The van der Waals surface area contributed by atoms with E-state index < -0.39 is 0 Å². The lowest BCUT2D eigenvalue weighted by molar-refractivity contribution is -0.118. The van der Waals surface area contributed by atoms with Crippen molar-refractivity contribution in [2.75, 3.05) is 12.3 Å². The number of carbonyl (C=O) groups excluding carboxylic acids is 1. The minimum absolute atomic E-state index is 0.00665. The van der Waals surface area contributed by atoms with Crippen LogP contribution in [0.3, 0.4) is 0 Å². The largest absolute Gasteiger partial charge is 0.342 e. The van der Waals surface area contributed by atoms with Gasteiger partial charge in [0.15, 0.2) is 11.0 Å². The van der Waals surface area contributed by atoms with Gasteiger partial charge in [-0.2, -0.15) is 5.26 Å². The Labute approximate surface area is 176 Å². The lowest BCUT2D eigenvalue weighted by Gasteiger charge is -2.12. The molecule has 142 valence electrons. The average Bonchev–Trinajstić information content (AvgIpc) is 3.08. The van der Waals surface area contributed by atoms with E-state index in [-0.39, 0.29) is 18.2 Å². The number of aryl methyl sites for hydroxylation is 2. The second-order valence-corrected chi connectivity index (χ2v) is 8.08. The van der Waals surface area contributed by atoms with Crippen LogP contribution < -0.4 is 5.32 Å². The molecule has 6 nitrogen and oxygen atoms in total. The number of nitriles is 1. The summed E-state index contributed by atoms with van der Waals surface area (Å²) in [6.07, 6.45) is 0. The van der Waals surface area contributed by atoms with E-state index in [0.717, 1.165) is 26.9 Å². The third-order valence-corrected chi connectivity index (χ3v) is 5.36. The van der Waals surface area contributed by atoms with E-state index in [9.17, 15) is 4.79 Å². The van der Waals surface area contributed by atoms with Crippen molar-refractivity contribution in [1.29, 1.82) is 5.26 Å². The van der Waals surface area contributed by atoms with Crippen molar-refractivity contribution in [3.05, 3.63) is 58.1 Å². The minimum Gasteiger partial charge on any atom is -0.342 e. The van der Waals surface area contributed by atoms with Gasteiger partial charge in [-0.05, 0) is 49.2 Å². The fourth-order valence-electron chi connectivity index (χ4n) is 2.78. The van der Waals surface area contributed by atoms with E-state index in [1.54, 1.807) is 0 Å². The number of aromatic nitrogens is 3. The molecule has 2 aromatic carbocycles. The van der Waals surface area contributed by atoms with Crippen LogP contribution in [0, 0.1) is 25.2 Å². The molecule has 0 bridgehead atoms. The fourth-order valence-corrected chi connectivity index (χ4v) is 3.83. The molecule has 0 atom stereocenters. The molecule has 1 N–H and O–H groups in total. The zero-order valence-electron chi connectivity index (χ0n) is 15.4. The van der Waals surface area contributed by atoms with Crippen molar-refractivity contribution in [3.8, 4) is 23.1 Å². The summed E-state index contributed by atoms with van der Waals surface area (Å²) < 4.78 is 2.95. The van der Waals surface area contributed by atoms with Crippen molar-refractivity contribution < 1.29 is 4.79 Å². The molecule has 3 rings (SSSR count). The standard InChI is InChI=1S/C20H18BrN5OS/c1-13-9-14(2)11-17(10-13)26-19(15-3-5-16(21)6-4-15)24-25-20(26)28-12-18(27)23-8-7-22/h3-6,9-11H,8,12H2,1-2H3,(H,23,27). The van der Waals surface area contributed by atoms with Crippen LogP contribution in [0.2, 0.25) is 0 Å². The minimum atomic E-state index is -0.216. The number of halogens is 1. The number of carbonyl (C=O) groups is 1. The molecule has 0 unspecified atom stereocenters. The Bertz CT molecular complexity index is 1020. The van der Waals surface area contributed by atoms with Gasteiger partial charge in [-0.1, -0.05) is 45.9 Å². The molecule has 1 heterocycles. The van der Waals surface area contributed by atoms with Crippen LogP contribution in [0.1, 0.15) is 11.1 Å². The molecule has 0 saturated carbocycles. The number of thioether (sulfide) groups is 1. The smallest absolute Gasteiger partial charge is 0.231 e. The van der Waals surface area contributed by atoms with Gasteiger partial charge in [-0.15, -0.1) is 10.2 Å². The summed E-state index contributed by atoms with van der Waals surface area (Å²) in [6, 6.07) is 16.0. The van der Waals surface area contributed by atoms with E-state index in [1.807, 2.05) is 48.7 Å². The Morgan fingerprint density at radius 1 is 1.18 bits per heavy atom. The highest BCUT2D eigenvalue weighted by Crippen LogP contribution is 2.29. The third-order valence-electron chi connectivity index (χ3n) is 3.90. The highest BCUT2D eigenvalue weighted by Gasteiger charge is 2.17. The first-order chi connectivity index (χ1) is 13.5. The molecule has 1 aromatic heterocycles. The molecular formula is C20H18BrN5OS. The van der Waals surface area contributed by atoms with Crippen molar-refractivity contribution in [3.63, 3.8) is 0 Å². The predicted molar refractivity (Wildman–Crippen MR) is 113 cm³/mol. The van der Waals surface area contributed by atoms with Gasteiger partial charge >= 0.3 is 0 Å². The number of nitrogens with one attached hydrogen (secondary N) is 1. The van der Waals surface area contributed by atoms with E-state index in [2.05, 4.69) is 49.6 Å². The zero-order valence-corrected chi connectivity index (χ0v) is 17.8. The first kappa shape index (κ1) is 20.1. The van der Waals surface area contributed by atoms with Crippen molar-refractivity contribution in [1.82, 2.24) is 20.1 Å². The van der Waals surface area contributed by atoms with Gasteiger partial charge in [0.05, 0.1) is 17.5 Å². The average molecular weight is 456 g/mol. The molecule has 1 amide bonds. The number of benzene rings is 2. The number of rotatable bonds is 6. The first-order valence-electron chi connectivity index (χ1n) is 8.54. The Morgan fingerprint density at radius 3 is 2.50 bits per heavy atom. The summed E-state index contributed by atoms with van der Waals surface area (Å²) >= 11 is 4.74. The van der Waals surface area contributed by atoms with Gasteiger partial charge in [0.2, 0.25) is 5.91 Å². The number of nitrogens with zero attached hydrogens (tertiary/aromatic N) is 4. The maximum Gasteiger partial charge on any atom is 0.231 e. The highest BCUT2D eigenvalue weighted by molar-refractivity contribution is 9.10. The molecule has 0 saturated heterocycles. The molecule has 0 aliphatic rings. The summed E-state index contributed by atoms with van der Waals surface area (Å²) in [6.45, 7) is 4.08. The van der Waals surface area contributed by atoms with Crippen LogP contribution in [-0.2, 0) is 4.79 Å². The number of hydrogen-bond acceptors (Lipinski definition) is 5. The van der Waals surface area contributed by atoms with Gasteiger partial charge in [0.25, 0.3) is 0 Å². The second-order valence-electron chi connectivity index (χ2n) is 6.22. The molecular weight excluding hydrogens is 438 g/mol. The van der Waals surface area contributed by atoms with E-state index in [4.69, 9.17) is 5.26 Å². The van der Waals surface area contributed by atoms with Gasteiger partial charge in [0.1, 0.15) is 6.54 Å². The monoisotopic (exact) mass is 455 g/mol. The quantitative estimate of drug-likeness (QED) is 0.447. The molecule has 8 heteroatoms. The summed E-state index contributed by atoms with van der Waals surface area (Å²) in [5, 5.41) is 20.5. The maximum atomic E-state index is 11.9. The van der Waals surface area contributed by atoms with Crippen molar-refractivity contribution in [2.24, 2.45) is 0 Å².